The highest BCUT2D eigenvalue weighted by atomic mass is 79.9. The number of hydrogen-bond donors (Lipinski definition) is 1. The highest BCUT2D eigenvalue weighted by Gasteiger charge is 2.07. The van der Waals surface area contributed by atoms with Crippen LogP contribution < -0.4 is 0 Å². The van der Waals surface area contributed by atoms with Gasteiger partial charge in [0.25, 0.3) is 0 Å². The standard InChI is InChI=1S/C17H13BrClFO2/c18-14-4-1-11(15(20)10-14)2-5-16(21)12-3-6-17(22)13(9-12)7-8-19/h1-6,9-10,22H,7-8H2. The van der Waals surface area contributed by atoms with Gasteiger partial charge in [0.15, 0.2) is 5.78 Å². The third-order valence-corrected chi connectivity index (χ3v) is 3.79. The van der Waals surface area contributed by atoms with E-state index in [1.54, 1.807) is 18.2 Å². The van der Waals surface area contributed by atoms with Crippen LogP contribution in [0.3, 0.4) is 0 Å². The summed E-state index contributed by atoms with van der Waals surface area (Å²) in [5.41, 5.74) is 1.37. The van der Waals surface area contributed by atoms with Gasteiger partial charge in [0.2, 0.25) is 0 Å². The first-order chi connectivity index (χ1) is 10.5. The number of ketones is 1. The van der Waals surface area contributed by atoms with Crippen molar-refractivity contribution in [1.29, 1.82) is 0 Å². The second-order valence-electron chi connectivity index (χ2n) is 4.65. The fourth-order valence-corrected chi connectivity index (χ4v) is 2.48. The maximum Gasteiger partial charge on any atom is 0.185 e. The van der Waals surface area contributed by atoms with Gasteiger partial charge >= 0.3 is 0 Å². The molecule has 2 rings (SSSR count). The van der Waals surface area contributed by atoms with Crippen LogP contribution in [0.15, 0.2) is 46.9 Å². The van der Waals surface area contributed by atoms with Gasteiger partial charge in [-0.2, -0.15) is 0 Å². The van der Waals surface area contributed by atoms with Gasteiger partial charge in [-0.3, -0.25) is 4.79 Å². The molecule has 0 aliphatic carbocycles. The molecule has 114 valence electrons. The predicted molar refractivity (Wildman–Crippen MR) is 90.0 cm³/mol. The third-order valence-electron chi connectivity index (χ3n) is 3.10. The molecule has 0 heterocycles. The van der Waals surface area contributed by atoms with Gasteiger partial charge < -0.3 is 5.11 Å². The first-order valence-corrected chi connectivity index (χ1v) is 7.89. The maximum atomic E-state index is 13.7. The molecule has 2 nitrogen and oxygen atoms in total. The number of phenolic OH excluding ortho intramolecular Hbond substituents is 1. The molecular formula is C17H13BrClFO2. The summed E-state index contributed by atoms with van der Waals surface area (Å²) in [6.07, 6.45) is 3.21. The van der Waals surface area contributed by atoms with Gasteiger partial charge in [-0.1, -0.05) is 22.0 Å². The zero-order valence-electron chi connectivity index (χ0n) is 11.5. The molecule has 0 radical (unpaired) electrons. The van der Waals surface area contributed by atoms with Gasteiger partial charge in [-0.15, -0.1) is 11.6 Å². The van der Waals surface area contributed by atoms with Gasteiger partial charge in [0, 0.05) is 21.5 Å². The van der Waals surface area contributed by atoms with Crippen LogP contribution in [0.25, 0.3) is 6.08 Å². The summed E-state index contributed by atoms with van der Waals surface area (Å²) in [5.74, 6) is -0.212. The van der Waals surface area contributed by atoms with Crippen LogP contribution in [0.2, 0.25) is 0 Å². The van der Waals surface area contributed by atoms with Crippen molar-refractivity contribution >= 4 is 39.4 Å². The van der Waals surface area contributed by atoms with Crippen molar-refractivity contribution in [3.63, 3.8) is 0 Å². The molecule has 22 heavy (non-hydrogen) atoms. The number of carbonyl (C=O) groups is 1. The first kappa shape index (κ1) is 16.7. The quantitative estimate of drug-likeness (QED) is 0.449. The number of rotatable bonds is 5. The second-order valence-corrected chi connectivity index (χ2v) is 5.94. The molecule has 0 bridgehead atoms. The number of carbonyl (C=O) groups excluding carboxylic acids is 1. The molecule has 0 saturated carbocycles. The first-order valence-electron chi connectivity index (χ1n) is 6.56. The Hall–Kier alpha value is -1.65. The fraction of sp³-hybridized carbons (Fsp3) is 0.118. The highest BCUT2D eigenvalue weighted by molar-refractivity contribution is 9.10. The molecule has 0 atom stereocenters. The molecule has 0 fully saturated rings. The van der Waals surface area contributed by atoms with E-state index in [9.17, 15) is 14.3 Å². The van der Waals surface area contributed by atoms with Crippen molar-refractivity contribution in [3.8, 4) is 5.75 Å². The number of aryl methyl sites for hydroxylation is 1. The van der Waals surface area contributed by atoms with E-state index in [1.807, 2.05) is 0 Å². The van der Waals surface area contributed by atoms with Crippen LogP contribution >= 0.6 is 27.5 Å². The SMILES string of the molecule is O=C(C=Cc1ccc(Br)cc1F)c1ccc(O)c(CCCl)c1. The minimum atomic E-state index is -0.410. The van der Waals surface area contributed by atoms with E-state index < -0.39 is 5.82 Å². The van der Waals surface area contributed by atoms with E-state index in [-0.39, 0.29) is 11.5 Å². The number of alkyl halides is 1. The molecule has 5 heteroatoms. The van der Waals surface area contributed by atoms with Crippen molar-refractivity contribution in [2.24, 2.45) is 0 Å². The minimum Gasteiger partial charge on any atom is -0.508 e. The maximum absolute atomic E-state index is 13.7. The number of benzene rings is 2. The summed E-state index contributed by atoms with van der Waals surface area (Å²) in [6, 6.07) is 9.21. The fourth-order valence-electron chi connectivity index (χ4n) is 1.94. The molecular weight excluding hydrogens is 371 g/mol. The average molecular weight is 384 g/mol. The Balaban J connectivity index is 2.21. The number of aromatic hydroxyl groups is 1. The van der Waals surface area contributed by atoms with E-state index >= 15 is 0 Å². The van der Waals surface area contributed by atoms with Crippen molar-refractivity contribution in [1.82, 2.24) is 0 Å². The van der Waals surface area contributed by atoms with Crippen molar-refractivity contribution in [2.45, 2.75) is 6.42 Å². The molecule has 2 aromatic carbocycles. The van der Waals surface area contributed by atoms with Crippen LogP contribution in [0, 0.1) is 5.82 Å². The van der Waals surface area contributed by atoms with Crippen LogP contribution in [0.5, 0.6) is 5.75 Å². The van der Waals surface area contributed by atoms with E-state index in [1.165, 1.54) is 30.4 Å². The van der Waals surface area contributed by atoms with E-state index in [2.05, 4.69) is 15.9 Å². The molecule has 0 aliphatic rings. The Kier molecular flexibility index (Phi) is 5.75. The lowest BCUT2D eigenvalue weighted by molar-refractivity contribution is 0.104. The number of hydrogen-bond acceptors (Lipinski definition) is 2. The molecule has 0 aliphatic heterocycles. The van der Waals surface area contributed by atoms with Crippen molar-refractivity contribution in [3.05, 3.63) is 69.5 Å². The molecule has 0 amide bonds. The highest BCUT2D eigenvalue weighted by Crippen LogP contribution is 2.21. The molecule has 1 N–H and O–H groups in total. The monoisotopic (exact) mass is 382 g/mol. The van der Waals surface area contributed by atoms with Crippen LogP contribution in [-0.2, 0) is 6.42 Å². The summed E-state index contributed by atoms with van der Waals surface area (Å²) in [6.45, 7) is 0. The Morgan fingerprint density at radius 2 is 2.05 bits per heavy atom. The largest absolute Gasteiger partial charge is 0.508 e. The lowest BCUT2D eigenvalue weighted by Crippen LogP contribution is -1.97. The number of phenols is 1. The molecule has 0 aromatic heterocycles. The van der Waals surface area contributed by atoms with Crippen LogP contribution in [0.1, 0.15) is 21.5 Å². The number of halogens is 3. The molecule has 2 aromatic rings. The summed E-state index contributed by atoms with van der Waals surface area (Å²) in [4.78, 5) is 12.1. The van der Waals surface area contributed by atoms with E-state index in [0.29, 0.717) is 33.5 Å². The van der Waals surface area contributed by atoms with Crippen LogP contribution in [-0.4, -0.2) is 16.8 Å². The Bertz CT molecular complexity index is 729. The predicted octanol–water partition coefficient (Wildman–Crippen LogP) is 4.97. The summed E-state index contributed by atoms with van der Waals surface area (Å²) in [5, 5.41) is 9.68. The summed E-state index contributed by atoms with van der Waals surface area (Å²) in [7, 11) is 0. The molecule has 0 unspecified atom stereocenters. The zero-order valence-corrected chi connectivity index (χ0v) is 13.9. The lowest BCUT2D eigenvalue weighted by Gasteiger charge is -2.04. The Labute approximate surface area is 141 Å². The summed E-state index contributed by atoms with van der Waals surface area (Å²) >= 11 is 8.83. The van der Waals surface area contributed by atoms with Crippen LogP contribution in [0.4, 0.5) is 4.39 Å². The average Bonchev–Trinajstić information content (AvgIpc) is 2.48. The number of allylic oxidation sites excluding steroid dienone is 1. The topological polar surface area (TPSA) is 37.3 Å². The van der Waals surface area contributed by atoms with Crippen molar-refractivity contribution in [2.75, 3.05) is 5.88 Å². The second kappa shape index (κ2) is 7.56. The van der Waals surface area contributed by atoms with E-state index in [4.69, 9.17) is 11.6 Å². The van der Waals surface area contributed by atoms with E-state index in [0.717, 1.165) is 0 Å². The minimum absolute atomic E-state index is 0.111. The Morgan fingerprint density at radius 1 is 1.27 bits per heavy atom. The zero-order chi connectivity index (χ0) is 16.1. The normalized spacial score (nSPS) is 11.0. The van der Waals surface area contributed by atoms with Gasteiger partial charge in [0.1, 0.15) is 11.6 Å². The molecule has 0 spiro atoms. The van der Waals surface area contributed by atoms with Gasteiger partial charge in [0.05, 0.1) is 0 Å². The van der Waals surface area contributed by atoms with Crippen molar-refractivity contribution < 1.29 is 14.3 Å². The Morgan fingerprint density at radius 3 is 2.73 bits per heavy atom. The molecule has 0 saturated heterocycles. The smallest absolute Gasteiger partial charge is 0.185 e. The summed E-state index contributed by atoms with van der Waals surface area (Å²) < 4.78 is 14.3. The van der Waals surface area contributed by atoms with Gasteiger partial charge in [-0.05, 0) is 54.5 Å². The third kappa shape index (κ3) is 4.18. The van der Waals surface area contributed by atoms with Gasteiger partial charge in [-0.25, -0.2) is 4.39 Å². The lowest BCUT2D eigenvalue weighted by atomic mass is 10.0.